The number of hydrogen-bond donors (Lipinski definition) is 2. The van der Waals surface area contributed by atoms with E-state index in [4.69, 9.17) is 4.74 Å². The van der Waals surface area contributed by atoms with E-state index in [2.05, 4.69) is 26.6 Å². The maximum Gasteiger partial charge on any atom is 0.414 e. The van der Waals surface area contributed by atoms with Crippen molar-refractivity contribution in [1.82, 2.24) is 10.3 Å². The summed E-state index contributed by atoms with van der Waals surface area (Å²) in [5.41, 5.74) is 4.01. The number of ether oxygens (including phenoxy) is 1. The summed E-state index contributed by atoms with van der Waals surface area (Å²) < 4.78 is 5.59. The van der Waals surface area contributed by atoms with Gasteiger partial charge >= 0.3 is 6.09 Å². The van der Waals surface area contributed by atoms with Gasteiger partial charge in [-0.25, -0.2) is 4.79 Å². The zero-order valence-corrected chi connectivity index (χ0v) is 19.5. The highest BCUT2D eigenvalue weighted by molar-refractivity contribution is 8.00. The highest BCUT2D eigenvalue weighted by Gasteiger charge is 2.35. The minimum Gasteiger partial charge on any atom is -0.443 e. The number of hydrogen-bond acceptors (Lipinski definition) is 8. The standard InChI is InChI=1S/C25H22N6O3S/c26-9-15-1-3-20-19(7-15)22(5-6-27-20)30-11-16(12-30)28-10-18-13-31(25(33)34-18)17-2-4-23-21(8-17)29-24(32)14-35-23/h1-8,16,18,28H,10-14H2,(H,29,32)/t18-/m1/s1. The van der Waals surface area contributed by atoms with Crippen LogP contribution in [0.3, 0.4) is 0 Å². The van der Waals surface area contributed by atoms with Crippen molar-refractivity contribution in [3.8, 4) is 6.07 Å². The molecule has 2 saturated heterocycles. The topological polar surface area (TPSA) is 111 Å². The zero-order valence-electron chi connectivity index (χ0n) is 18.7. The van der Waals surface area contributed by atoms with E-state index in [1.165, 1.54) is 11.8 Å². The summed E-state index contributed by atoms with van der Waals surface area (Å²) in [4.78, 5) is 33.5. The van der Waals surface area contributed by atoms with Gasteiger partial charge in [-0.3, -0.25) is 14.7 Å². The van der Waals surface area contributed by atoms with Crippen molar-refractivity contribution in [1.29, 1.82) is 5.26 Å². The smallest absolute Gasteiger partial charge is 0.414 e. The molecule has 10 heteroatoms. The van der Waals surface area contributed by atoms with Crippen LogP contribution in [0.5, 0.6) is 0 Å². The molecule has 2 amide bonds. The highest BCUT2D eigenvalue weighted by atomic mass is 32.2. The lowest BCUT2D eigenvalue weighted by molar-refractivity contribution is -0.113. The van der Waals surface area contributed by atoms with Crippen LogP contribution in [0.1, 0.15) is 5.56 Å². The Hall–Kier alpha value is -3.81. The predicted molar refractivity (Wildman–Crippen MR) is 134 cm³/mol. The van der Waals surface area contributed by atoms with Crippen LogP contribution in [0.25, 0.3) is 10.9 Å². The lowest BCUT2D eigenvalue weighted by atomic mass is 10.0. The number of nitrogens with one attached hydrogen (secondary N) is 2. The molecule has 3 aromatic rings. The van der Waals surface area contributed by atoms with Gasteiger partial charge in [-0.2, -0.15) is 5.26 Å². The molecule has 35 heavy (non-hydrogen) atoms. The molecular formula is C25H22N6O3S. The molecule has 0 bridgehead atoms. The average molecular weight is 487 g/mol. The Morgan fingerprint density at radius 3 is 2.91 bits per heavy atom. The molecule has 1 atom stereocenters. The maximum atomic E-state index is 12.5. The van der Waals surface area contributed by atoms with Gasteiger partial charge in [-0.05, 0) is 42.5 Å². The number of nitriles is 1. The molecule has 2 aromatic carbocycles. The van der Waals surface area contributed by atoms with Gasteiger partial charge in [0.1, 0.15) is 6.10 Å². The molecule has 176 valence electrons. The number of rotatable bonds is 5. The van der Waals surface area contributed by atoms with Crippen molar-refractivity contribution in [2.24, 2.45) is 0 Å². The first-order valence-corrected chi connectivity index (χ1v) is 12.4. The Morgan fingerprint density at radius 2 is 2.06 bits per heavy atom. The largest absolute Gasteiger partial charge is 0.443 e. The van der Waals surface area contributed by atoms with Crippen molar-refractivity contribution in [2.45, 2.75) is 17.0 Å². The molecule has 9 nitrogen and oxygen atoms in total. The number of nitrogens with zero attached hydrogens (tertiary/aromatic N) is 4. The third-order valence-corrected chi connectivity index (χ3v) is 7.56. The van der Waals surface area contributed by atoms with Crippen LogP contribution in [0.4, 0.5) is 21.9 Å². The van der Waals surface area contributed by atoms with Gasteiger partial charge in [-0.15, -0.1) is 11.8 Å². The normalized spacial score (nSPS) is 19.7. The van der Waals surface area contributed by atoms with Crippen LogP contribution in [0, 0.1) is 11.3 Å². The van der Waals surface area contributed by atoms with Crippen molar-refractivity contribution in [2.75, 3.05) is 47.0 Å². The molecule has 0 spiro atoms. The zero-order chi connectivity index (χ0) is 23.9. The lowest BCUT2D eigenvalue weighted by Crippen LogP contribution is -2.59. The molecular weight excluding hydrogens is 464 g/mol. The maximum absolute atomic E-state index is 12.5. The first-order valence-electron chi connectivity index (χ1n) is 11.4. The molecule has 2 N–H and O–H groups in total. The van der Waals surface area contributed by atoms with Crippen LogP contribution in [-0.2, 0) is 9.53 Å². The first kappa shape index (κ1) is 21.7. The fraction of sp³-hybridized carbons (Fsp3) is 0.280. The summed E-state index contributed by atoms with van der Waals surface area (Å²) >= 11 is 1.49. The van der Waals surface area contributed by atoms with Gasteiger partial charge in [0.2, 0.25) is 5.91 Å². The molecule has 1 aromatic heterocycles. The lowest BCUT2D eigenvalue weighted by Gasteiger charge is -2.42. The molecule has 3 aliphatic heterocycles. The summed E-state index contributed by atoms with van der Waals surface area (Å²) in [6.45, 7) is 2.66. The summed E-state index contributed by atoms with van der Waals surface area (Å²) in [5.74, 6) is 0.369. The molecule has 3 aliphatic rings. The fourth-order valence-corrected chi connectivity index (χ4v) is 5.45. The summed E-state index contributed by atoms with van der Waals surface area (Å²) in [7, 11) is 0. The summed E-state index contributed by atoms with van der Waals surface area (Å²) in [6.07, 6.45) is 1.16. The van der Waals surface area contributed by atoms with Crippen molar-refractivity contribution >= 4 is 51.7 Å². The third kappa shape index (κ3) is 4.13. The Balaban J connectivity index is 1.05. The number of aromatic nitrogens is 1. The number of fused-ring (bicyclic) bond motifs is 2. The number of amides is 2. The molecule has 6 rings (SSSR count). The molecule has 2 fully saturated rings. The number of thioether (sulfide) groups is 1. The van der Waals surface area contributed by atoms with E-state index in [1.807, 2.05) is 36.4 Å². The quantitative estimate of drug-likeness (QED) is 0.566. The Labute approximate surface area is 206 Å². The number of carbonyl (C=O) groups excluding carboxylic acids is 2. The van der Waals surface area contributed by atoms with Gasteiger partial charge < -0.3 is 20.3 Å². The second kappa shape index (κ2) is 8.76. The van der Waals surface area contributed by atoms with E-state index in [0.717, 1.165) is 46.0 Å². The molecule has 0 saturated carbocycles. The number of carbonyl (C=O) groups is 2. The average Bonchev–Trinajstić information content (AvgIpc) is 3.22. The van der Waals surface area contributed by atoms with Gasteiger partial charge in [0.05, 0.1) is 35.1 Å². The van der Waals surface area contributed by atoms with E-state index in [0.29, 0.717) is 24.4 Å². The van der Waals surface area contributed by atoms with Crippen LogP contribution in [0.2, 0.25) is 0 Å². The summed E-state index contributed by atoms with van der Waals surface area (Å²) in [5, 5.41) is 16.6. The second-order valence-electron chi connectivity index (χ2n) is 8.82. The Bertz CT molecular complexity index is 1380. The highest BCUT2D eigenvalue weighted by Crippen LogP contribution is 2.35. The van der Waals surface area contributed by atoms with Crippen LogP contribution < -0.4 is 20.4 Å². The van der Waals surface area contributed by atoms with Crippen LogP contribution in [0.15, 0.2) is 53.6 Å². The molecule has 0 unspecified atom stereocenters. The number of anilines is 3. The van der Waals surface area contributed by atoms with Gasteiger partial charge in [0.25, 0.3) is 0 Å². The van der Waals surface area contributed by atoms with Gasteiger partial charge in [0, 0.05) is 53.5 Å². The predicted octanol–water partition coefficient (Wildman–Crippen LogP) is 2.95. The van der Waals surface area contributed by atoms with E-state index < -0.39 is 0 Å². The number of benzene rings is 2. The van der Waals surface area contributed by atoms with Crippen molar-refractivity contribution in [3.05, 3.63) is 54.2 Å². The minimum atomic E-state index is -0.377. The SMILES string of the molecule is N#Cc1ccc2nccc(N3CC(NC[C@@H]4CN(c5ccc6c(c5)NC(=O)CS6)C(=O)O4)C3)c2c1. The van der Waals surface area contributed by atoms with E-state index in [9.17, 15) is 14.9 Å². The van der Waals surface area contributed by atoms with Crippen LogP contribution >= 0.6 is 11.8 Å². The van der Waals surface area contributed by atoms with Gasteiger partial charge in [-0.1, -0.05) is 0 Å². The van der Waals surface area contributed by atoms with Crippen LogP contribution in [-0.4, -0.2) is 61.1 Å². The Kier molecular flexibility index (Phi) is 5.43. The molecule has 0 radical (unpaired) electrons. The van der Waals surface area contributed by atoms with Crippen molar-refractivity contribution in [3.63, 3.8) is 0 Å². The summed E-state index contributed by atoms with van der Waals surface area (Å²) in [6, 6.07) is 15.6. The first-order chi connectivity index (χ1) is 17.1. The molecule has 0 aliphatic carbocycles. The molecule has 4 heterocycles. The van der Waals surface area contributed by atoms with E-state index in [1.54, 1.807) is 17.2 Å². The van der Waals surface area contributed by atoms with Gasteiger partial charge in [0.15, 0.2) is 0 Å². The van der Waals surface area contributed by atoms with E-state index >= 15 is 0 Å². The second-order valence-corrected chi connectivity index (χ2v) is 9.83. The third-order valence-electron chi connectivity index (χ3n) is 6.49. The monoisotopic (exact) mass is 486 g/mol. The number of pyridine rings is 1. The number of cyclic esters (lactones) is 1. The fourth-order valence-electron chi connectivity index (χ4n) is 4.66. The van der Waals surface area contributed by atoms with Crippen molar-refractivity contribution < 1.29 is 14.3 Å². The van der Waals surface area contributed by atoms with E-state index in [-0.39, 0.29) is 24.1 Å². The minimum absolute atomic E-state index is 0.0365. The Morgan fingerprint density at radius 1 is 1.17 bits per heavy atom.